The molecule has 2 N–H and O–H groups in total. The van der Waals surface area contributed by atoms with Crippen LogP contribution in [0.15, 0.2) is 48.5 Å². The van der Waals surface area contributed by atoms with Crippen molar-refractivity contribution in [2.24, 2.45) is 0 Å². The number of anilines is 1. The lowest BCUT2D eigenvalue weighted by Crippen LogP contribution is -2.69. The van der Waals surface area contributed by atoms with Crippen LogP contribution in [0.3, 0.4) is 0 Å². The number of carbonyl (C=O) groups excluding carboxylic acids is 2. The van der Waals surface area contributed by atoms with Crippen molar-refractivity contribution in [1.82, 2.24) is 5.32 Å². The molecule has 0 aliphatic heterocycles. The van der Waals surface area contributed by atoms with Gasteiger partial charge in [-0.05, 0) is 44.2 Å². The lowest BCUT2D eigenvalue weighted by Gasteiger charge is -2.35. The number of halogens is 4. The first-order valence-corrected chi connectivity index (χ1v) is 8.63. The topological polar surface area (TPSA) is 67.4 Å². The molecule has 5 nitrogen and oxygen atoms in total. The van der Waals surface area contributed by atoms with Crippen LogP contribution in [0.5, 0.6) is 0 Å². The summed E-state index contributed by atoms with van der Waals surface area (Å²) in [6, 6.07) is 11.2. The standard InChI is InChI=1S/C19H18ClF3N2O3/c1-3-28-17(27)18(19(21,22)23,24-15-9-7-12(2)8-10-15)25-16(26)13-5-4-6-14(20)11-13/h4-11,24H,3H2,1-2H3,(H,25,26)/t18-/m0/s1. The molecule has 0 aromatic heterocycles. The van der Waals surface area contributed by atoms with E-state index >= 15 is 0 Å². The summed E-state index contributed by atoms with van der Waals surface area (Å²) >= 11 is 5.80. The van der Waals surface area contributed by atoms with Crippen LogP contribution in [-0.2, 0) is 9.53 Å². The number of benzene rings is 2. The lowest BCUT2D eigenvalue weighted by molar-refractivity contribution is -0.204. The fourth-order valence-electron chi connectivity index (χ4n) is 2.36. The van der Waals surface area contributed by atoms with Gasteiger partial charge >= 0.3 is 17.8 Å². The van der Waals surface area contributed by atoms with Gasteiger partial charge in [0.1, 0.15) is 0 Å². The zero-order valence-electron chi connectivity index (χ0n) is 15.1. The van der Waals surface area contributed by atoms with E-state index < -0.39 is 23.7 Å². The van der Waals surface area contributed by atoms with E-state index in [0.29, 0.717) is 0 Å². The molecular weight excluding hydrogens is 397 g/mol. The molecule has 0 spiro atoms. The average molecular weight is 415 g/mol. The summed E-state index contributed by atoms with van der Waals surface area (Å²) in [5.74, 6) is -2.83. The second-order valence-corrected chi connectivity index (χ2v) is 6.36. The molecule has 1 amide bonds. The summed E-state index contributed by atoms with van der Waals surface area (Å²) in [7, 11) is 0. The molecule has 2 aromatic carbocycles. The summed E-state index contributed by atoms with van der Waals surface area (Å²) in [6.45, 7) is 2.82. The van der Waals surface area contributed by atoms with Gasteiger partial charge in [-0.1, -0.05) is 35.4 Å². The minimum absolute atomic E-state index is 0.0256. The molecule has 9 heteroatoms. The molecule has 0 radical (unpaired) electrons. The molecule has 0 fully saturated rings. The van der Waals surface area contributed by atoms with Gasteiger partial charge in [-0.25, -0.2) is 4.79 Å². The third kappa shape index (κ3) is 4.75. The Balaban J connectivity index is 2.50. The third-order valence-electron chi connectivity index (χ3n) is 3.78. The maximum Gasteiger partial charge on any atom is 0.441 e. The van der Waals surface area contributed by atoms with Crippen molar-refractivity contribution >= 4 is 29.2 Å². The van der Waals surface area contributed by atoms with E-state index in [1.165, 1.54) is 43.3 Å². The largest absolute Gasteiger partial charge is 0.463 e. The first-order valence-electron chi connectivity index (χ1n) is 8.26. The van der Waals surface area contributed by atoms with E-state index in [2.05, 4.69) is 10.1 Å². The number of nitrogens with one attached hydrogen (secondary N) is 2. The number of carbonyl (C=O) groups is 2. The maximum absolute atomic E-state index is 14.1. The lowest BCUT2D eigenvalue weighted by atomic mass is 10.1. The monoisotopic (exact) mass is 414 g/mol. The van der Waals surface area contributed by atoms with Crippen molar-refractivity contribution in [3.05, 3.63) is 64.7 Å². The number of alkyl halides is 3. The summed E-state index contributed by atoms with van der Waals surface area (Å²) in [4.78, 5) is 24.9. The van der Waals surface area contributed by atoms with Crippen LogP contribution in [0.1, 0.15) is 22.8 Å². The van der Waals surface area contributed by atoms with E-state index in [1.807, 2.05) is 0 Å². The third-order valence-corrected chi connectivity index (χ3v) is 4.01. The molecule has 28 heavy (non-hydrogen) atoms. The Morgan fingerprint density at radius 1 is 1.11 bits per heavy atom. The quantitative estimate of drug-likeness (QED) is 0.546. The molecule has 0 saturated carbocycles. The van der Waals surface area contributed by atoms with Crippen molar-refractivity contribution in [3.63, 3.8) is 0 Å². The number of hydrogen-bond acceptors (Lipinski definition) is 4. The molecular formula is C19H18ClF3N2O3. The molecule has 2 aromatic rings. The van der Waals surface area contributed by atoms with E-state index in [1.54, 1.807) is 24.4 Å². The minimum atomic E-state index is -5.21. The van der Waals surface area contributed by atoms with Gasteiger partial charge in [-0.2, -0.15) is 13.2 Å². The van der Waals surface area contributed by atoms with E-state index in [-0.39, 0.29) is 22.9 Å². The molecule has 150 valence electrons. The average Bonchev–Trinajstić information content (AvgIpc) is 2.62. The smallest absolute Gasteiger partial charge is 0.441 e. The summed E-state index contributed by atoms with van der Waals surface area (Å²) in [6.07, 6.45) is -5.21. The second-order valence-electron chi connectivity index (χ2n) is 5.92. The van der Waals surface area contributed by atoms with Crippen LogP contribution in [0.4, 0.5) is 18.9 Å². The van der Waals surface area contributed by atoms with Gasteiger partial charge in [0, 0.05) is 16.3 Å². The number of ether oxygens (including phenoxy) is 1. The van der Waals surface area contributed by atoms with E-state index in [9.17, 15) is 22.8 Å². The molecule has 2 rings (SSSR count). The summed E-state index contributed by atoms with van der Waals surface area (Å²) in [5.41, 5.74) is -2.85. The number of rotatable bonds is 6. The summed E-state index contributed by atoms with van der Waals surface area (Å²) < 4.78 is 46.8. The Morgan fingerprint density at radius 3 is 2.29 bits per heavy atom. The molecule has 0 saturated heterocycles. The number of hydrogen-bond donors (Lipinski definition) is 2. The van der Waals surface area contributed by atoms with Crippen LogP contribution in [0.25, 0.3) is 0 Å². The predicted octanol–water partition coefficient (Wildman–Crippen LogP) is 4.31. The highest BCUT2D eigenvalue weighted by Crippen LogP contribution is 2.33. The zero-order chi connectivity index (χ0) is 20.9. The van der Waals surface area contributed by atoms with Gasteiger partial charge < -0.3 is 15.4 Å². The van der Waals surface area contributed by atoms with Crippen LogP contribution >= 0.6 is 11.6 Å². The van der Waals surface area contributed by atoms with Crippen LogP contribution in [-0.4, -0.2) is 30.3 Å². The Morgan fingerprint density at radius 2 is 1.75 bits per heavy atom. The highest BCUT2D eigenvalue weighted by Gasteiger charge is 2.63. The Kier molecular flexibility index (Phi) is 6.56. The minimum Gasteiger partial charge on any atom is -0.463 e. The second kappa shape index (κ2) is 8.52. The normalized spacial score (nSPS) is 13.4. The molecule has 0 unspecified atom stereocenters. The van der Waals surface area contributed by atoms with Crippen molar-refractivity contribution in [2.45, 2.75) is 25.7 Å². The van der Waals surface area contributed by atoms with E-state index in [0.717, 1.165) is 5.56 Å². The molecule has 1 atom stereocenters. The van der Waals surface area contributed by atoms with Crippen molar-refractivity contribution in [3.8, 4) is 0 Å². The predicted molar refractivity (Wildman–Crippen MR) is 99.1 cm³/mol. The van der Waals surface area contributed by atoms with Crippen LogP contribution in [0.2, 0.25) is 5.02 Å². The van der Waals surface area contributed by atoms with E-state index in [4.69, 9.17) is 11.6 Å². The van der Waals surface area contributed by atoms with Gasteiger partial charge in [-0.15, -0.1) is 0 Å². The van der Waals surface area contributed by atoms with Gasteiger partial charge in [0.2, 0.25) is 0 Å². The summed E-state index contributed by atoms with van der Waals surface area (Å²) in [5, 5.41) is 4.01. The number of esters is 1. The maximum atomic E-state index is 14.1. The van der Waals surface area contributed by atoms with Gasteiger partial charge in [0.25, 0.3) is 5.91 Å². The molecule has 0 bridgehead atoms. The number of aryl methyl sites for hydroxylation is 1. The van der Waals surface area contributed by atoms with Crippen molar-refractivity contribution < 1.29 is 27.5 Å². The first kappa shape index (κ1) is 21.6. The fraction of sp³-hybridized carbons (Fsp3) is 0.263. The fourth-order valence-corrected chi connectivity index (χ4v) is 2.55. The first-order chi connectivity index (χ1) is 13.1. The Labute approximate surface area is 164 Å². The highest BCUT2D eigenvalue weighted by molar-refractivity contribution is 6.31. The van der Waals surface area contributed by atoms with Crippen molar-refractivity contribution in [1.29, 1.82) is 0 Å². The van der Waals surface area contributed by atoms with Gasteiger partial charge in [-0.3, -0.25) is 4.79 Å². The zero-order valence-corrected chi connectivity index (χ0v) is 15.8. The Hall–Kier alpha value is -2.74. The molecule has 0 aliphatic rings. The van der Waals surface area contributed by atoms with Gasteiger partial charge in [0.05, 0.1) is 6.61 Å². The molecule has 0 heterocycles. The SMILES string of the molecule is CCOC(=O)[C@@](NC(=O)c1cccc(Cl)c1)(Nc1ccc(C)cc1)C(F)(F)F. The van der Waals surface area contributed by atoms with Crippen LogP contribution in [0, 0.1) is 6.92 Å². The highest BCUT2D eigenvalue weighted by atomic mass is 35.5. The molecule has 0 aliphatic carbocycles. The number of amides is 1. The van der Waals surface area contributed by atoms with Crippen LogP contribution < -0.4 is 10.6 Å². The van der Waals surface area contributed by atoms with Crippen molar-refractivity contribution in [2.75, 3.05) is 11.9 Å². The Bertz CT molecular complexity index is 856. The van der Waals surface area contributed by atoms with Gasteiger partial charge in [0.15, 0.2) is 0 Å².